The van der Waals surface area contributed by atoms with Crippen LogP contribution in [0.3, 0.4) is 0 Å². The number of ether oxygens (including phenoxy) is 6. The first-order chi connectivity index (χ1) is 14.5. The average molecular weight is 471 g/mol. The van der Waals surface area contributed by atoms with Gasteiger partial charge in [-0.15, -0.1) is 23.5 Å². The number of esters is 2. The summed E-state index contributed by atoms with van der Waals surface area (Å²) in [4.78, 5) is 25.2. The van der Waals surface area contributed by atoms with Gasteiger partial charge in [-0.05, 0) is 41.5 Å². The molecule has 0 N–H and O–H groups in total. The Labute approximate surface area is 189 Å². The highest BCUT2D eigenvalue weighted by atomic mass is 32.2. The summed E-state index contributed by atoms with van der Waals surface area (Å²) in [5, 5.41) is 0. The molecule has 0 unspecified atom stereocenters. The van der Waals surface area contributed by atoms with Crippen LogP contribution in [-0.2, 0) is 38.0 Å². The maximum atomic E-state index is 12.6. The molecule has 30 heavy (non-hydrogen) atoms. The van der Waals surface area contributed by atoms with E-state index >= 15 is 0 Å². The standard InChI is InChI=1S/C20H38O8S2/c1-7-23-15(24-8-2)13-29-20(30-14-16(25-9-3)26-10-4)17(18(21)27-11-5)19(22)28-12-6/h15-17,20H,7-14H2,1-6H3. The summed E-state index contributed by atoms with van der Waals surface area (Å²) in [6.45, 7) is 13.3. The molecule has 0 atom stereocenters. The molecular formula is C20H38O8S2. The van der Waals surface area contributed by atoms with Crippen LogP contribution in [0.4, 0.5) is 0 Å². The van der Waals surface area contributed by atoms with E-state index < -0.39 is 35.0 Å². The van der Waals surface area contributed by atoms with Crippen molar-refractivity contribution in [2.75, 3.05) is 51.1 Å². The predicted octanol–water partition coefficient (Wildman–Crippen LogP) is 3.32. The molecule has 0 aromatic carbocycles. The molecule has 0 aliphatic carbocycles. The lowest BCUT2D eigenvalue weighted by Crippen LogP contribution is -2.37. The highest BCUT2D eigenvalue weighted by molar-refractivity contribution is 8.17. The predicted molar refractivity (Wildman–Crippen MR) is 120 cm³/mol. The van der Waals surface area contributed by atoms with E-state index in [0.29, 0.717) is 37.9 Å². The van der Waals surface area contributed by atoms with Crippen molar-refractivity contribution in [1.29, 1.82) is 0 Å². The van der Waals surface area contributed by atoms with Crippen molar-refractivity contribution in [1.82, 2.24) is 0 Å². The van der Waals surface area contributed by atoms with Gasteiger partial charge in [0.1, 0.15) is 0 Å². The van der Waals surface area contributed by atoms with E-state index in [0.717, 1.165) is 0 Å². The Hall–Kier alpha value is -0.520. The van der Waals surface area contributed by atoms with Crippen molar-refractivity contribution in [3.05, 3.63) is 0 Å². The van der Waals surface area contributed by atoms with Crippen LogP contribution in [0.5, 0.6) is 0 Å². The van der Waals surface area contributed by atoms with Gasteiger partial charge in [0.2, 0.25) is 0 Å². The van der Waals surface area contributed by atoms with Crippen LogP contribution in [0, 0.1) is 5.92 Å². The van der Waals surface area contributed by atoms with Crippen LogP contribution < -0.4 is 0 Å². The Morgan fingerprint density at radius 1 is 0.600 bits per heavy atom. The molecule has 0 saturated heterocycles. The van der Waals surface area contributed by atoms with Crippen molar-refractivity contribution in [2.45, 2.75) is 58.7 Å². The summed E-state index contributed by atoms with van der Waals surface area (Å²) in [6, 6.07) is 0. The quantitative estimate of drug-likeness (QED) is 0.159. The van der Waals surface area contributed by atoms with Gasteiger partial charge in [-0.25, -0.2) is 0 Å². The molecule has 10 heteroatoms. The summed E-state index contributed by atoms with van der Waals surface area (Å²) in [5.74, 6) is -1.39. The van der Waals surface area contributed by atoms with Crippen LogP contribution in [0.15, 0.2) is 0 Å². The number of rotatable bonds is 19. The third-order valence-electron chi connectivity index (χ3n) is 3.56. The van der Waals surface area contributed by atoms with Crippen LogP contribution >= 0.6 is 23.5 Å². The van der Waals surface area contributed by atoms with Gasteiger partial charge in [0.05, 0.1) is 17.8 Å². The van der Waals surface area contributed by atoms with E-state index in [1.165, 1.54) is 23.5 Å². The minimum Gasteiger partial charge on any atom is -0.465 e. The van der Waals surface area contributed by atoms with E-state index in [1.54, 1.807) is 13.8 Å². The fraction of sp³-hybridized carbons (Fsp3) is 0.900. The van der Waals surface area contributed by atoms with Crippen LogP contribution in [0.1, 0.15) is 41.5 Å². The van der Waals surface area contributed by atoms with Gasteiger partial charge in [-0.3, -0.25) is 9.59 Å². The van der Waals surface area contributed by atoms with Gasteiger partial charge in [0, 0.05) is 37.9 Å². The van der Waals surface area contributed by atoms with Crippen LogP contribution in [-0.4, -0.2) is 80.2 Å². The Morgan fingerprint density at radius 2 is 0.933 bits per heavy atom. The Kier molecular flexibility index (Phi) is 18.9. The molecule has 0 fully saturated rings. The molecule has 0 bridgehead atoms. The smallest absolute Gasteiger partial charge is 0.322 e. The summed E-state index contributed by atoms with van der Waals surface area (Å²) in [5.41, 5.74) is 0. The summed E-state index contributed by atoms with van der Waals surface area (Å²) >= 11 is 2.81. The Bertz CT molecular complexity index is 403. The number of carbonyl (C=O) groups excluding carboxylic acids is 2. The zero-order valence-electron chi connectivity index (χ0n) is 19.0. The van der Waals surface area contributed by atoms with Crippen molar-refractivity contribution < 1.29 is 38.0 Å². The zero-order valence-corrected chi connectivity index (χ0v) is 20.7. The topological polar surface area (TPSA) is 89.5 Å². The molecule has 0 radical (unpaired) electrons. The molecule has 0 rings (SSSR count). The third-order valence-corrected chi connectivity index (χ3v) is 6.50. The van der Waals surface area contributed by atoms with Crippen molar-refractivity contribution in [2.24, 2.45) is 5.92 Å². The third kappa shape index (κ3) is 12.4. The highest BCUT2D eigenvalue weighted by Gasteiger charge is 2.39. The first kappa shape index (κ1) is 29.5. The minimum absolute atomic E-state index is 0.178. The number of thioether (sulfide) groups is 2. The van der Waals surface area contributed by atoms with Gasteiger partial charge in [-0.2, -0.15) is 0 Å². The SMILES string of the molecule is CCOC(=O)C(C(=O)OCC)C(SCC(OCC)OCC)SCC(OCC)OCC. The Morgan fingerprint density at radius 3 is 1.20 bits per heavy atom. The van der Waals surface area contributed by atoms with Crippen molar-refractivity contribution in [3.63, 3.8) is 0 Å². The van der Waals surface area contributed by atoms with Crippen LogP contribution in [0.2, 0.25) is 0 Å². The molecule has 0 amide bonds. The molecule has 0 spiro atoms. The molecule has 0 heterocycles. The van der Waals surface area contributed by atoms with Gasteiger partial charge in [-0.1, -0.05) is 0 Å². The van der Waals surface area contributed by atoms with E-state index in [2.05, 4.69) is 0 Å². The van der Waals surface area contributed by atoms with Gasteiger partial charge < -0.3 is 28.4 Å². The first-order valence-electron chi connectivity index (χ1n) is 10.5. The molecule has 0 aliphatic rings. The van der Waals surface area contributed by atoms with E-state index in [9.17, 15) is 9.59 Å². The van der Waals surface area contributed by atoms with E-state index in [-0.39, 0.29) is 13.2 Å². The zero-order chi connectivity index (χ0) is 22.8. The van der Waals surface area contributed by atoms with Crippen molar-refractivity contribution in [3.8, 4) is 0 Å². The average Bonchev–Trinajstić information content (AvgIpc) is 2.70. The van der Waals surface area contributed by atoms with E-state index in [4.69, 9.17) is 28.4 Å². The highest BCUT2D eigenvalue weighted by Crippen LogP contribution is 2.34. The summed E-state index contributed by atoms with van der Waals surface area (Å²) in [7, 11) is 0. The first-order valence-corrected chi connectivity index (χ1v) is 12.6. The second-order valence-corrected chi connectivity index (χ2v) is 8.34. The second-order valence-electron chi connectivity index (χ2n) is 5.70. The largest absolute Gasteiger partial charge is 0.465 e. The molecular weight excluding hydrogens is 432 g/mol. The molecule has 0 aromatic heterocycles. The lowest BCUT2D eigenvalue weighted by molar-refractivity contribution is -0.160. The fourth-order valence-electron chi connectivity index (χ4n) is 2.40. The number of hydrogen-bond acceptors (Lipinski definition) is 10. The minimum atomic E-state index is -1.08. The number of hydrogen-bond donors (Lipinski definition) is 0. The van der Waals surface area contributed by atoms with Gasteiger partial charge in [0.25, 0.3) is 0 Å². The maximum absolute atomic E-state index is 12.6. The fourth-order valence-corrected chi connectivity index (χ4v) is 5.17. The normalized spacial score (nSPS) is 11.7. The molecule has 8 nitrogen and oxygen atoms in total. The molecule has 178 valence electrons. The lowest BCUT2D eigenvalue weighted by Gasteiger charge is -2.27. The Balaban J connectivity index is 5.48. The summed E-state index contributed by atoms with van der Waals surface area (Å²) in [6.07, 6.45) is -0.875. The summed E-state index contributed by atoms with van der Waals surface area (Å²) < 4.78 is 32.2. The van der Waals surface area contributed by atoms with Crippen LogP contribution in [0.25, 0.3) is 0 Å². The lowest BCUT2D eigenvalue weighted by atomic mass is 10.2. The van der Waals surface area contributed by atoms with Gasteiger partial charge in [0.15, 0.2) is 18.5 Å². The van der Waals surface area contributed by atoms with Crippen molar-refractivity contribution >= 4 is 35.5 Å². The molecule has 0 saturated carbocycles. The monoisotopic (exact) mass is 470 g/mol. The second kappa shape index (κ2) is 19.2. The maximum Gasteiger partial charge on any atom is 0.322 e. The number of carbonyl (C=O) groups is 2. The van der Waals surface area contributed by atoms with Gasteiger partial charge >= 0.3 is 11.9 Å². The molecule has 0 aliphatic heterocycles. The molecule has 0 aromatic rings. The van der Waals surface area contributed by atoms with E-state index in [1.807, 2.05) is 27.7 Å².